The van der Waals surface area contributed by atoms with Crippen molar-refractivity contribution in [1.82, 2.24) is 15.1 Å². The highest BCUT2D eigenvalue weighted by Gasteiger charge is 2.25. The molecule has 3 aromatic carbocycles. The van der Waals surface area contributed by atoms with Gasteiger partial charge in [0.15, 0.2) is 5.03 Å². The lowest BCUT2D eigenvalue weighted by Gasteiger charge is -2.11. The summed E-state index contributed by atoms with van der Waals surface area (Å²) in [4.78, 5) is 2.30. The average Bonchev–Trinajstić information content (AvgIpc) is 3.11. The van der Waals surface area contributed by atoms with Gasteiger partial charge < -0.3 is 9.64 Å². The van der Waals surface area contributed by atoms with Crippen molar-refractivity contribution in [1.29, 1.82) is 0 Å². The van der Waals surface area contributed by atoms with Crippen LogP contribution in [0.15, 0.2) is 70.6 Å². The van der Waals surface area contributed by atoms with E-state index >= 15 is 0 Å². The Labute approximate surface area is 163 Å². The SMILES string of the molecule is CN(C)CCOc1ccc2c(S(=O)(=O)c3cccc4ccccc34)[nH]nc2c1. The molecule has 0 bridgehead atoms. The number of hydrogen-bond donors (Lipinski definition) is 1. The van der Waals surface area contributed by atoms with Gasteiger partial charge in [-0.2, -0.15) is 5.10 Å². The molecule has 0 saturated heterocycles. The Hall–Kier alpha value is -2.90. The molecule has 1 aromatic heterocycles. The Kier molecular flexibility index (Phi) is 4.78. The lowest BCUT2D eigenvalue weighted by atomic mass is 10.1. The molecular formula is C21H21N3O3S. The van der Waals surface area contributed by atoms with Crippen molar-refractivity contribution in [2.45, 2.75) is 9.92 Å². The lowest BCUT2D eigenvalue weighted by Crippen LogP contribution is -2.19. The normalized spacial score (nSPS) is 12.1. The molecule has 0 aliphatic carbocycles. The molecule has 0 aliphatic heterocycles. The van der Waals surface area contributed by atoms with E-state index in [1.807, 2.05) is 49.3 Å². The van der Waals surface area contributed by atoms with E-state index in [1.165, 1.54) is 0 Å². The van der Waals surface area contributed by atoms with Crippen LogP contribution in [0.3, 0.4) is 0 Å². The van der Waals surface area contributed by atoms with E-state index in [2.05, 4.69) is 10.2 Å². The Morgan fingerprint density at radius 3 is 2.61 bits per heavy atom. The summed E-state index contributed by atoms with van der Waals surface area (Å²) in [6, 6.07) is 18.0. The summed E-state index contributed by atoms with van der Waals surface area (Å²) < 4.78 is 32.4. The Balaban J connectivity index is 1.74. The van der Waals surface area contributed by atoms with Crippen molar-refractivity contribution in [3.05, 3.63) is 60.7 Å². The van der Waals surface area contributed by atoms with Gasteiger partial charge >= 0.3 is 0 Å². The van der Waals surface area contributed by atoms with Gasteiger partial charge in [-0.15, -0.1) is 0 Å². The average molecular weight is 395 g/mol. The first kappa shape index (κ1) is 18.5. The highest BCUT2D eigenvalue weighted by Crippen LogP contribution is 2.32. The lowest BCUT2D eigenvalue weighted by molar-refractivity contribution is 0.261. The van der Waals surface area contributed by atoms with Gasteiger partial charge in [-0.1, -0.05) is 36.4 Å². The van der Waals surface area contributed by atoms with Gasteiger partial charge in [0.05, 0.1) is 10.4 Å². The molecule has 1 N–H and O–H groups in total. The minimum atomic E-state index is -3.76. The van der Waals surface area contributed by atoms with Crippen LogP contribution < -0.4 is 4.74 Å². The number of aromatic nitrogens is 2. The van der Waals surface area contributed by atoms with Crippen molar-refractivity contribution >= 4 is 31.5 Å². The van der Waals surface area contributed by atoms with Crippen molar-refractivity contribution in [3.8, 4) is 5.75 Å². The Bertz CT molecular complexity index is 1240. The van der Waals surface area contributed by atoms with Crippen LogP contribution in [0.4, 0.5) is 0 Å². The maximum Gasteiger partial charge on any atom is 0.224 e. The molecule has 144 valence electrons. The van der Waals surface area contributed by atoms with Crippen molar-refractivity contribution < 1.29 is 13.2 Å². The molecule has 0 fully saturated rings. The number of nitrogens with one attached hydrogen (secondary N) is 1. The van der Waals surface area contributed by atoms with Crippen LogP contribution in [0.5, 0.6) is 5.75 Å². The van der Waals surface area contributed by atoms with Crippen molar-refractivity contribution in [2.75, 3.05) is 27.2 Å². The minimum absolute atomic E-state index is 0.0960. The summed E-state index contributed by atoms with van der Waals surface area (Å²) in [7, 11) is 0.198. The molecule has 4 aromatic rings. The molecule has 0 amide bonds. The third kappa shape index (κ3) is 3.34. The molecule has 0 unspecified atom stereocenters. The fraction of sp³-hybridized carbons (Fsp3) is 0.190. The van der Waals surface area contributed by atoms with Gasteiger partial charge in [0.25, 0.3) is 0 Å². The predicted octanol–water partition coefficient (Wildman–Crippen LogP) is 3.49. The number of likely N-dealkylation sites (N-methyl/N-ethyl adjacent to an activating group) is 1. The smallest absolute Gasteiger partial charge is 0.224 e. The van der Waals surface area contributed by atoms with E-state index in [0.29, 0.717) is 28.6 Å². The second kappa shape index (κ2) is 7.26. The topological polar surface area (TPSA) is 75.3 Å². The summed E-state index contributed by atoms with van der Waals surface area (Å²) >= 11 is 0. The van der Waals surface area contributed by atoms with Crippen LogP contribution in [0.2, 0.25) is 0 Å². The van der Waals surface area contributed by atoms with Crippen LogP contribution in [0.1, 0.15) is 0 Å². The molecule has 0 aliphatic rings. The van der Waals surface area contributed by atoms with Gasteiger partial charge in [-0.25, -0.2) is 8.42 Å². The van der Waals surface area contributed by atoms with Gasteiger partial charge in [0, 0.05) is 23.4 Å². The van der Waals surface area contributed by atoms with Gasteiger partial charge in [0.1, 0.15) is 12.4 Å². The molecule has 28 heavy (non-hydrogen) atoms. The van der Waals surface area contributed by atoms with Crippen LogP contribution in [0, 0.1) is 0 Å². The maximum absolute atomic E-state index is 13.3. The van der Waals surface area contributed by atoms with Gasteiger partial charge in [0.2, 0.25) is 9.84 Å². The minimum Gasteiger partial charge on any atom is -0.492 e. The van der Waals surface area contributed by atoms with E-state index in [0.717, 1.165) is 11.9 Å². The number of nitrogens with zero attached hydrogens (tertiary/aromatic N) is 2. The quantitative estimate of drug-likeness (QED) is 0.541. The van der Waals surface area contributed by atoms with Gasteiger partial charge in [-0.3, -0.25) is 5.10 Å². The standard InChI is InChI=1S/C21H21N3O3S/c1-24(2)12-13-27-16-10-11-18-19(14-16)22-23-21(18)28(25,26)20-9-5-7-15-6-3-4-8-17(15)20/h3-11,14H,12-13H2,1-2H3,(H,22,23). The summed E-state index contributed by atoms with van der Waals surface area (Å²) in [5.74, 6) is 0.662. The first-order valence-corrected chi connectivity index (χ1v) is 10.4. The van der Waals surface area contributed by atoms with Crippen molar-refractivity contribution in [3.63, 3.8) is 0 Å². The number of rotatable bonds is 6. The van der Waals surface area contributed by atoms with Crippen molar-refractivity contribution in [2.24, 2.45) is 0 Å². The number of ether oxygens (including phenoxy) is 1. The van der Waals surface area contributed by atoms with Crippen LogP contribution in [-0.2, 0) is 9.84 Å². The number of sulfone groups is 1. The second-order valence-electron chi connectivity index (χ2n) is 6.86. The fourth-order valence-electron chi connectivity index (χ4n) is 3.15. The molecule has 0 atom stereocenters. The summed E-state index contributed by atoms with van der Waals surface area (Å²) in [5.41, 5.74) is 0.557. The largest absolute Gasteiger partial charge is 0.492 e. The number of aromatic amines is 1. The number of fused-ring (bicyclic) bond motifs is 2. The predicted molar refractivity (Wildman–Crippen MR) is 110 cm³/mol. The van der Waals surface area contributed by atoms with E-state index in [9.17, 15) is 8.42 Å². The molecule has 1 heterocycles. The van der Waals surface area contributed by atoms with Gasteiger partial charge in [-0.05, 0) is 37.7 Å². The van der Waals surface area contributed by atoms with E-state index in [4.69, 9.17) is 4.74 Å². The zero-order chi connectivity index (χ0) is 19.7. The summed E-state index contributed by atoms with van der Waals surface area (Å²) in [5, 5.41) is 9.13. The molecule has 4 rings (SSSR count). The molecular weight excluding hydrogens is 374 g/mol. The third-order valence-electron chi connectivity index (χ3n) is 4.61. The second-order valence-corrected chi connectivity index (χ2v) is 8.72. The molecule has 7 heteroatoms. The molecule has 0 spiro atoms. The maximum atomic E-state index is 13.3. The first-order valence-electron chi connectivity index (χ1n) is 8.95. The Morgan fingerprint density at radius 2 is 1.79 bits per heavy atom. The highest BCUT2D eigenvalue weighted by molar-refractivity contribution is 7.91. The number of H-pyrrole nitrogens is 1. The first-order chi connectivity index (χ1) is 13.5. The zero-order valence-corrected chi connectivity index (χ0v) is 16.5. The molecule has 0 radical (unpaired) electrons. The van der Waals surface area contributed by atoms with E-state index < -0.39 is 9.84 Å². The van der Waals surface area contributed by atoms with E-state index in [1.54, 1.807) is 30.3 Å². The fourth-order valence-corrected chi connectivity index (χ4v) is 4.73. The summed E-state index contributed by atoms with van der Waals surface area (Å²) in [6.45, 7) is 1.34. The molecule has 6 nitrogen and oxygen atoms in total. The van der Waals surface area contributed by atoms with Crippen LogP contribution >= 0.6 is 0 Å². The molecule has 0 saturated carbocycles. The van der Waals surface area contributed by atoms with Crippen LogP contribution in [-0.4, -0.2) is 50.8 Å². The third-order valence-corrected chi connectivity index (χ3v) is 6.39. The monoisotopic (exact) mass is 395 g/mol. The highest BCUT2D eigenvalue weighted by atomic mass is 32.2. The summed E-state index contributed by atoms with van der Waals surface area (Å²) in [6.07, 6.45) is 0. The zero-order valence-electron chi connectivity index (χ0n) is 15.7. The number of hydrogen-bond acceptors (Lipinski definition) is 5. The van der Waals surface area contributed by atoms with Crippen LogP contribution in [0.25, 0.3) is 21.7 Å². The van der Waals surface area contributed by atoms with E-state index in [-0.39, 0.29) is 9.92 Å². The Morgan fingerprint density at radius 1 is 1.00 bits per heavy atom. The number of benzene rings is 3.